The Kier molecular flexibility index (Phi) is 6.45. The first kappa shape index (κ1) is 21.1. The van der Waals surface area contributed by atoms with E-state index in [2.05, 4.69) is 5.32 Å². The summed E-state index contributed by atoms with van der Waals surface area (Å²) < 4.78 is 0. The van der Waals surface area contributed by atoms with Crippen molar-refractivity contribution in [3.05, 3.63) is 58.6 Å². The summed E-state index contributed by atoms with van der Waals surface area (Å²) in [5.41, 5.74) is 1.000. The van der Waals surface area contributed by atoms with Crippen LogP contribution in [0.4, 0.5) is 16.2 Å². The highest BCUT2D eigenvalue weighted by molar-refractivity contribution is 6.31. The van der Waals surface area contributed by atoms with Gasteiger partial charge in [-0.05, 0) is 54.4 Å². The van der Waals surface area contributed by atoms with Crippen LogP contribution in [0.2, 0.25) is 10.0 Å². The number of amides is 4. The maximum atomic E-state index is 13.1. The van der Waals surface area contributed by atoms with Gasteiger partial charge in [-0.2, -0.15) is 0 Å². The Balaban J connectivity index is 1.81. The smallest absolute Gasteiger partial charge is 0.326 e. The molecule has 29 heavy (non-hydrogen) atoms. The summed E-state index contributed by atoms with van der Waals surface area (Å²) in [7, 11) is 0. The zero-order valence-corrected chi connectivity index (χ0v) is 17.6. The van der Waals surface area contributed by atoms with Gasteiger partial charge in [0.25, 0.3) is 5.91 Å². The molecule has 0 unspecified atom stereocenters. The Morgan fingerprint density at radius 3 is 2.10 bits per heavy atom. The third-order valence-corrected chi connectivity index (χ3v) is 4.98. The van der Waals surface area contributed by atoms with Gasteiger partial charge in [-0.1, -0.05) is 37.0 Å². The molecule has 152 valence electrons. The van der Waals surface area contributed by atoms with Crippen LogP contribution in [0.15, 0.2) is 48.5 Å². The topological polar surface area (TPSA) is 69.7 Å². The Morgan fingerprint density at radius 1 is 1.00 bits per heavy atom. The molecule has 1 N–H and O–H groups in total. The number of carbonyl (C=O) groups excluding carboxylic acids is 3. The number of nitrogens with one attached hydrogen (secondary N) is 1. The van der Waals surface area contributed by atoms with Crippen LogP contribution in [0.3, 0.4) is 0 Å². The van der Waals surface area contributed by atoms with Gasteiger partial charge >= 0.3 is 6.03 Å². The largest absolute Gasteiger partial charge is 0.332 e. The lowest BCUT2D eigenvalue weighted by Gasteiger charge is -2.23. The average Bonchev–Trinajstić information content (AvgIpc) is 2.88. The van der Waals surface area contributed by atoms with E-state index in [4.69, 9.17) is 23.2 Å². The van der Waals surface area contributed by atoms with E-state index < -0.39 is 18.0 Å². The summed E-state index contributed by atoms with van der Waals surface area (Å²) in [5, 5.41) is 3.81. The van der Waals surface area contributed by atoms with Crippen LogP contribution in [0.5, 0.6) is 0 Å². The molecule has 1 aliphatic heterocycles. The van der Waals surface area contributed by atoms with Crippen LogP contribution in [-0.2, 0) is 9.59 Å². The highest BCUT2D eigenvalue weighted by Gasteiger charge is 2.46. The number of anilines is 2. The van der Waals surface area contributed by atoms with E-state index in [0.29, 0.717) is 28.0 Å². The van der Waals surface area contributed by atoms with Gasteiger partial charge in [0.1, 0.15) is 6.04 Å². The highest BCUT2D eigenvalue weighted by Crippen LogP contribution is 2.29. The van der Waals surface area contributed by atoms with Gasteiger partial charge in [0.15, 0.2) is 0 Å². The van der Waals surface area contributed by atoms with Crippen molar-refractivity contribution in [1.29, 1.82) is 0 Å². The molecule has 1 aliphatic rings. The molecule has 1 heterocycles. The standard InChI is InChI=1S/C21H21Cl2N3O3/c1-13(2)12-25-18(11-19(27)24-16-7-3-14(22)4-8-16)20(28)26(21(25)29)17-9-5-15(23)6-10-17/h3-10,13,18H,11-12H2,1-2H3,(H,24,27)/t18-/m0/s1. The van der Waals surface area contributed by atoms with Crippen LogP contribution in [0.1, 0.15) is 20.3 Å². The van der Waals surface area contributed by atoms with Gasteiger partial charge in [0.05, 0.1) is 12.1 Å². The lowest BCUT2D eigenvalue weighted by molar-refractivity contribution is -0.124. The van der Waals surface area contributed by atoms with Crippen LogP contribution in [0, 0.1) is 5.92 Å². The number of halogens is 2. The van der Waals surface area contributed by atoms with Crippen molar-refractivity contribution in [2.75, 3.05) is 16.8 Å². The molecular weight excluding hydrogens is 413 g/mol. The number of urea groups is 1. The van der Waals surface area contributed by atoms with Crippen molar-refractivity contribution in [3.8, 4) is 0 Å². The zero-order valence-electron chi connectivity index (χ0n) is 16.1. The van der Waals surface area contributed by atoms with Crippen LogP contribution < -0.4 is 10.2 Å². The molecule has 2 aromatic rings. The summed E-state index contributed by atoms with van der Waals surface area (Å²) in [4.78, 5) is 41.2. The van der Waals surface area contributed by atoms with E-state index >= 15 is 0 Å². The number of carbonyl (C=O) groups is 3. The first-order valence-corrected chi connectivity index (χ1v) is 9.97. The van der Waals surface area contributed by atoms with Crippen molar-refractivity contribution in [2.45, 2.75) is 26.3 Å². The fraction of sp³-hybridized carbons (Fsp3) is 0.286. The van der Waals surface area contributed by atoms with Gasteiger partial charge in [-0.25, -0.2) is 9.69 Å². The second kappa shape index (κ2) is 8.84. The van der Waals surface area contributed by atoms with E-state index in [9.17, 15) is 14.4 Å². The lowest BCUT2D eigenvalue weighted by Crippen LogP contribution is -2.40. The third-order valence-electron chi connectivity index (χ3n) is 4.47. The minimum atomic E-state index is -0.868. The van der Waals surface area contributed by atoms with Crippen molar-refractivity contribution in [3.63, 3.8) is 0 Å². The quantitative estimate of drug-likeness (QED) is 0.663. The second-order valence-corrected chi connectivity index (χ2v) is 8.13. The SMILES string of the molecule is CC(C)CN1C(=O)N(c2ccc(Cl)cc2)C(=O)[C@@H]1CC(=O)Nc1ccc(Cl)cc1. The Bertz CT molecular complexity index is 914. The fourth-order valence-electron chi connectivity index (χ4n) is 3.18. The van der Waals surface area contributed by atoms with E-state index in [1.807, 2.05) is 13.8 Å². The number of hydrogen-bond acceptors (Lipinski definition) is 3. The number of rotatable bonds is 6. The summed E-state index contributed by atoms with van der Waals surface area (Å²) in [5.74, 6) is -0.645. The lowest BCUT2D eigenvalue weighted by atomic mass is 10.1. The minimum Gasteiger partial charge on any atom is -0.326 e. The van der Waals surface area contributed by atoms with Gasteiger partial charge in [0, 0.05) is 22.3 Å². The van der Waals surface area contributed by atoms with E-state index in [-0.39, 0.29) is 18.2 Å². The van der Waals surface area contributed by atoms with Crippen LogP contribution >= 0.6 is 23.2 Å². The van der Waals surface area contributed by atoms with E-state index in [1.165, 1.54) is 4.90 Å². The molecule has 8 heteroatoms. The minimum absolute atomic E-state index is 0.135. The van der Waals surface area contributed by atoms with Gasteiger partial charge in [0.2, 0.25) is 5.91 Å². The molecule has 2 aromatic carbocycles. The fourth-order valence-corrected chi connectivity index (χ4v) is 3.44. The van der Waals surface area contributed by atoms with Crippen molar-refractivity contribution in [1.82, 2.24) is 4.90 Å². The molecule has 0 aliphatic carbocycles. The van der Waals surface area contributed by atoms with Gasteiger partial charge in [-0.3, -0.25) is 9.59 Å². The van der Waals surface area contributed by atoms with Crippen molar-refractivity contribution in [2.24, 2.45) is 5.92 Å². The normalized spacial score (nSPS) is 16.7. The van der Waals surface area contributed by atoms with Gasteiger partial charge in [-0.15, -0.1) is 0 Å². The Labute approximate surface area is 179 Å². The Morgan fingerprint density at radius 2 is 1.55 bits per heavy atom. The first-order valence-electron chi connectivity index (χ1n) is 9.22. The molecule has 0 bridgehead atoms. The molecule has 1 fully saturated rings. The number of nitrogens with zero attached hydrogens (tertiary/aromatic N) is 2. The number of benzene rings is 2. The molecule has 0 spiro atoms. The molecule has 1 atom stereocenters. The predicted octanol–water partition coefficient (Wildman–Crippen LogP) is 4.82. The summed E-state index contributed by atoms with van der Waals surface area (Å²) >= 11 is 11.8. The molecular formula is C21H21Cl2N3O3. The van der Waals surface area contributed by atoms with Crippen LogP contribution in [0.25, 0.3) is 0 Å². The monoisotopic (exact) mass is 433 g/mol. The molecule has 0 radical (unpaired) electrons. The Hall–Kier alpha value is -2.57. The maximum absolute atomic E-state index is 13.1. The van der Waals surface area contributed by atoms with Crippen molar-refractivity contribution >= 4 is 52.4 Å². The molecule has 0 saturated carbocycles. The van der Waals surface area contributed by atoms with E-state index in [0.717, 1.165) is 4.90 Å². The molecule has 3 rings (SSSR count). The molecule has 4 amide bonds. The number of imide groups is 1. The second-order valence-electron chi connectivity index (χ2n) is 7.25. The summed E-state index contributed by atoms with van der Waals surface area (Å²) in [6.45, 7) is 4.27. The average molecular weight is 434 g/mol. The molecule has 6 nitrogen and oxygen atoms in total. The first-order chi connectivity index (χ1) is 13.8. The van der Waals surface area contributed by atoms with Gasteiger partial charge < -0.3 is 10.2 Å². The number of hydrogen-bond donors (Lipinski definition) is 1. The van der Waals surface area contributed by atoms with Crippen molar-refractivity contribution < 1.29 is 14.4 Å². The summed E-state index contributed by atoms with van der Waals surface area (Å²) in [6, 6.07) is 11.8. The molecule has 0 aromatic heterocycles. The zero-order chi connectivity index (χ0) is 21.1. The summed E-state index contributed by atoms with van der Waals surface area (Å²) in [6.07, 6.45) is -0.135. The molecule has 1 saturated heterocycles. The maximum Gasteiger partial charge on any atom is 0.332 e. The van der Waals surface area contributed by atoms with Crippen LogP contribution in [-0.4, -0.2) is 35.3 Å². The third kappa shape index (κ3) is 4.89. The van der Waals surface area contributed by atoms with E-state index in [1.54, 1.807) is 48.5 Å². The highest BCUT2D eigenvalue weighted by atomic mass is 35.5. The predicted molar refractivity (Wildman–Crippen MR) is 114 cm³/mol.